The van der Waals surface area contributed by atoms with Gasteiger partial charge in [0.15, 0.2) is 5.75 Å². The molecule has 0 saturated carbocycles. The van der Waals surface area contributed by atoms with Gasteiger partial charge in [-0.05, 0) is 42.5 Å². The zero-order valence-corrected chi connectivity index (χ0v) is 15.4. The first-order valence-corrected chi connectivity index (χ1v) is 8.79. The topological polar surface area (TPSA) is 59.0 Å². The van der Waals surface area contributed by atoms with Crippen LogP contribution in [0.3, 0.4) is 0 Å². The molecule has 0 spiro atoms. The average Bonchev–Trinajstić information content (AvgIpc) is 3.24. The molecule has 0 N–H and O–H groups in total. The van der Waals surface area contributed by atoms with Gasteiger partial charge in [0.05, 0.1) is 30.0 Å². The van der Waals surface area contributed by atoms with E-state index in [1.807, 2.05) is 0 Å². The maximum Gasteiger partial charge on any atom is 0.153 e. The largest absolute Gasteiger partial charge is 0.472 e. The van der Waals surface area contributed by atoms with Crippen LogP contribution in [0.4, 0.5) is 4.39 Å². The van der Waals surface area contributed by atoms with Crippen LogP contribution in [0.15, 0.2) is 82.6 Å². The van der Waals surface area contributed by atoms with E-state index in [0.717, 1.165) is 5.56 Å². The van der Waals surface area contributed by atoms with E-state index < -0.39 is 0 Å². The van der Waals surface area contributed by atoms with E-state index in [4.69, 9.17) is 9.15 Å². The summed E-state index contributed by atoms with van der Waals surface area (Å²) in [5, 5.41) is 9.36. The van der Waals surface area contributed by atoms with Crippen LogP contribution in [0, 0.1) is 17.1 Å². The van der Waals surface area contributed by atoms with E-state index >= 15 is 0 Å². The third-order valence-corrected chi connectivity index (χ3v) is 4.43. The molecule has 4 aromatic rings. The number of hydrogen-bond donors (Lipinski definition) is 1. The minimum Gasteiger partial charge on any atom is -0.472 e. The summed E-state index contributed by atoms with van der Waals surface area (Å²) in [5.74, 6) is 0.438. The second kappa shape index (κ2) is 7.59. The highest BCUT2D eigenvalue weighted by Gasteiger charge is 2.15. The number of furan rings is 1. The number of nitrogens with zero attached hydrogens (tertiary/aromatic N) is 2. The number of rotatable bonds is 4. The maximum atomic E-state index is 14.2. The van der Waals surface area contributed by atoms with Crippen molar-refractivity contribution in [3.63, 3.8) is 0 Å². The predicted octanol–water partition coefficient (Wildman–Crippen LogP) is 6.10. The summed E-state index contributed by atoms with van der Waals surface area (Å²) >= 11 is 4.25. The van der Waals surface area contributed by atoms with Gasteiger partial charge in [-0.2, -0.15) is 5.26 Å². The third kappa shape index (κ3) is 3.48. The zero-order chi connectivity index (χ0) is 19.5. The first kappa shape index (κ1) is 17.8. The van der Waals surface area contributed by atoms with Crippen LogP contribution in [0.1, 0.15) is 5.56 Å². The van der Waals surface area contributed by atoms with Gasteiger partial charge in [-0.15, -0.1) is 12.6 Å². The van der Waals surface area contributed by atoms with Gasteiger partial charge in [-0.3, -0.25) is 4.98 Å². The van der Waals surface area contributed by atoms with Crippen molar-refractivity contribution in [3.8, 4) is 40.0 Å². The number of hydrogen-bond acceptors (Lipinski definition) is 5. The highest BCUT2D eigenvalue weighted by molar-refractivity contribution is 7.80. The highest BCUT2D eigenvalue weighted by Crippen LogP contribution is 2.37. The van der Waals surface area contributed by atoms with E-state index in [-0.39, 0.29) is 5.82 Å². The summed E-state index contributed by atoms with van der Waals surface area (Å²) in [6, 6.07) is 17.1. The van der Waals surface area contributed by atoms with E-state index in [9.17, 15) is 9.65 Å². The molecule has 136 valence electrons. The van der Waals surface area contributed by atoms with Crippen molar-refractivity contribution in [3.05, 3.63) is 84.7 Å². The molecule has 2 aromatic carbocycles. The number of aromatic nitrogens is 1. The Morgan fingerprint density at radius 1 is 1.04 bits per heavy atom. The maximum absolute atomic E-state index is 14.2. The van der Waals surface area contributed by atoms with Crippen LogP contribution < -0.4 is 4.74 Å². The number of benzene rings is 2. The Morgan fingerprint density at radius 2 is 1.89 bits per heavy atom. The molecule has 4 nitrogen and oxygen atoms in total. The average molecular weight is 388 g/mol. The van der Waals surface area contributed by atoms with E-state index in [1.54, 1.807) is 61.1 Å². The first-order chi connectivity index (χ1) is 13.7. The van der Waals surface area contributed by atoms with Crippen LogP contribution in [0.25, 0.3) is 22.4 Å². The van der Waals surface area contributed by atoms with Crippen molar-refractivity contribution in [2.24, 2.45) is 0 Å². The smallest absolute Gasteiger partial charge is 0.153 e. The molecule has 6 heteroatoms. The molecule has 4 rings (SSSR count). The second-order valence-corrected chi connectivity index (χ2v) is 6.47. The number of halogens is 1. The standard InChI is InChI=1S/C22H13FN2O2S/c23-19-4-2-1-3-17(19)20-10-18(14-7-8-26-13-14)22(12-25-20)27-21-6-5-16(28)9-15(21)11-24/h1-10,12-13,28H. The molecule has 0 aliphatic carbocycles. The van der Waals surface area contributed by atoms with Gasteiger partial charge in [0, 0.05) is 21.6 Å². The molecule has 0 bridgehead atoms. The lowest BCUT2D eigenvalue weighted by atomic mass is 10.0. The summed E-state index contributed by atoms with van der Waals surface area (Å²) in [7, 11) is 0. The first-order valence-electron chi connectivity index (χ1n) is 8.34. The Bertz CT molecular complexity index is 1180. The molecule has 0 amide bonds. The van der Waals surface area contributed by atoms with Gasteiger partial charge < -0.3 is 9.15 Å². The van der Waals surface area contributed by atoms with Crippen LogP contribution in [0.2, 0.25) is 0 Å². The highest BCUT2D eigenvalue weighted by atomic mass is 32.1. The normalized spacial score (nSPS) is 10.5. The summed E-state index contributed by atoms with van der Waals surface area (Å²) in [6.07, 6.45) is 4.62. The molecule has 28 heavy (non-hydrogen) atoms. The van der Waals surface area contributed by atoms with Gasteiger partial charge in [-0.25, -0.2) is 4.39 Å². The lowest BCUT2D eigenvalue weighted by molar-refractivity contribution is 0.480. The van der Waals surface area contributed by atoms with Crippen LogP contribution in [-0.4, -0.2) is 4.98 Å². The van der Waals surface area contributed by atoms with E-state index in [1.165, 1.54) is 12.3 Å². The minimum absolute atomic E-state index is 0.351. The molecule has 2 aromatic heterocycles. The summed E-state index contributed by atoms with van der Waals surface area (Å²) < 4.78 is 25.4. The van der Waals surface area contributed by atoms with Gasteiger partial charge in [0.1, 0.15) is 17.6 Å². The van der Waals surface area contributed by atoms with Crippen molar-refractivity contribution in [1.82, 2.24) is 4.98 Å². The fourth-order valence-corrected chi connectivity index (χ4v) is 3.00. The number of nitriles is 1. The Labute approximate surface area is 166 Å². The molecular formula is C22H13FN2O2S. The van der Waals surface area contributed by atoms with Crippen molar-refractivity contribution < 1.29 is 13.5 Å². The molecule has 0 fully saturated rings. The molecule has 0 atom stereocenters. The molecule has 0 radical (unpaired) electrons. The van der Waals surface area contributed by atoms with E-state index in [2.05, 4.69) is 23.7 Å². The Kier molecular flexibility index (Phi) is 4.83. The molecule has 0 aliphatic heterocycles. The molecular weight excluding hydrogens is 375 g/mol. The van der Waals surface area contributed by atoms with Crippen molar-refractivity contribution in [2.45, 2.75) is 4.90 Å². The third-order valence-electron chi connectivity index (χ3n) is 4.15. The molecule has 2 heterocycles. The second-order valence-electron chi connectivity index (χ2n) is 5.95. The van der Waals surface area contributed by atoms with Gasteiger partial charge in [0.25, 0.3) is 0 Å². The Morgan fingerprint density at radius 3 is 2.64 bits per heavy atom. The quantitative estimate of drug-likeness (QED) is 0.429. The SMILES string of the molecule is N#Cc1cc(S)ccc1Oc1cnc(-c2ccccc2F)cc1-c1ccoc1. The van der Waals surface area contributed by atoms with Crippen LogP contribution in [-0.2, 0) is 0 Å². The number of pyridine rings is 1. The number of thiol groups is 1. The summed E-state index contributed by atoms with van der Waals surface area (Å²) in [4.78, 5) is 5.02. The van der Waals surface area contributed by atoms with Crippen molar-refractivity contribution >= 4 is 12.6 Å². The molecule has 0 saturated heterocycles. The Balaban J connectivity index is 1.82. The summed E-state index contributed by atoms with van der Waals surface area (Å²) in [5.41, 5.74) is 2.62. The zero-order valence-electron chi connectivity index (χ0n) is 14.5. The molecule has 0 unspecified atom stereocenters. The monoisotopic (exact) mass is 388 g/mol. The molecule has 0 aliphatic rings. The van der Waals surface area contributed by atoms with Crippen LogP contribution >= 0.6 is 12.6 Å². The minimum atomic E-state index is -0.363. The fourth-order valence-electron chi connectivity index (χ4n) is 2.80. The lowest BCUT2D eigenvalue weighted by Gasteiger charge is -2.13. The van der Waals surface area contributed by atoms with Crippen LogP contribution in [0.5, 0.6) is 11.5 Å². The van der Waals surface area contributed by atoms with Gasteiger partial charge >= 0.3 is 0 Å². The van der Waals surface area contributed by atoms with Crippen molar-refractivity contribution in [2.75, 3.05) is 0 Å². The summed E-state index contributed by atoms with van der Waals surface area (Å²) in [6.45, 7) is 0. The Hall–Kier alpha value is -3.56. The number of ether oxygens (including phenoxy) is 1. The van der Waals surface area contributed by atoms with Gasteiger partial charge in [-0.1, -0.05) is 12.1 Å². The van der Waals surface area contributed by atoms with Gasteiger partial charge in [0.2, 0.25) is 0 Å². The fraction of sp³-hybridized carbons (Fsp3) is 0. The predicted molar refractivity (Wildman–Crippen MR) is 106 cm³/mol. The lowest BCUT2D eigenvalue weighted by Crippen LogP contribution is -1.95. The van der Waals surface area contributed by atoms with Crippen molar-refractivity contribution in [1.29, 1.82) is 5.26 Å². The van der Waals surface area contributed by atoms with E-state index in [0.29, 0.717) is 38.8 Å².